The normalized spacial score (nSPS) is 18.5. The van der Waals surface area contributed by atoms with Crippen LogP contribution in [0.5, 0.6) is 0 Å². The van der Waals surface area contributed by atoms with E-state index in [1.54, 1.807) is 24.4 Å². The van der Waals surface area contributed by atoms with Crippen LogP contribution in [-0.4, -0.2) is 34.6 Å². The second kappa shape index (κ2) is 6.53. The van der Waals surface area contributed by atoms with Crippen molar-refractivity contribution in [3.05, 3.63) is 52.9 Å². The Labute approximate surface area is 156 Å². The number of aromatic amines is 1. The molecule has 1 N–H and O–H groups in total. The van der Waals surface area contributed by atoms with Crippen LogP contribution in [-0.2, 0) is 10.0 Å². The lowest BCUT2D eigenvalue weighted by Gasteiger charge is -2.24. The van der Waals surface area contributed by atoms with Gasteiger partial charge in [-0.25, -0.2) is 8.42 Å². The monoisotopic (exact) mass is 392 g/mol. The quantitative estimate of drug-likeness (QED) is 0.732. The minimum atomic E-state index is -3.64. The molecular formula is C17H17ClN4O3S. The second-order valence-electron chi connectivity index (χ2n) is 6.26. The fraction of sp³-hybridized carbons (Fsp3) is 0.294. The Morgan fingerprint density at radius 3 is 2.77 bits per heavy atom. The predicted octanol–water partition coefficient (Wildman–Crippen LogP) is 3.55. The molecule has 0 bridgehead atoms. The van der Waals surface area contributed by atoms with Gasteiger partial charge in [0, 0.05) is 17.6 Å². The summed E-state index contributed by atoms with van der Waals surface area (Å²) in [6.07, 6.45) is 3.11. The first-order chi connectivity index (χ1) is 12.5. The minimum absolute atomic E-state index is 0.227. The van der Waals surface area contributed by atoms with Gasteiger partial charge in [0.05, 0.1) is 34.1 Å². The van der Waals surface area contributed by atoms with Crippen LogP contribution in [0.2, 0.25) is 5.02 Å². The Balaban J connectivity index is 1.72. The van der Waals surface area contributed by atoms with E-state index in [0.29, 0.717) is 23.7 Å². The van der Waals surface area contributed by atoms with Gasteiger partial charge in [0.15, 0.2) is 5.76 Å². The highest BCUT2D eigenvalue weighted by Crippen LogP contribution is 2.39. The van der Waals surface area contributed by atoms with Crippen molar-refractivity contribution < 1.29 is 12.9 Å². The van der Waals surface area contributed by atoms with Crippen LogP contribution in [0.15, 0.2) is 45.9 Å². The van der Waals surface area contributed by atoms with Gasteiger partial charge >= 0.3 is 0 Å². The highest BCUT2D eigenvalue weighted by Gasteiger charge is 2.38. The van der Waals surface area contributed by atoms with Gasteiger partial charge in [-0.15, -0.1) is 0 Å². The molecule has 0 saturated carbocycles. The third kappa shape index (κ3) is 2.94. The number of benzene rings is 1. The summed E-state index contributed by atoms with van der Waals surface area (Å²) in [5.74, 6) is 0.571. The van der Waals surface area contributed by atoms with Gasteiger partial charge in [-0.1, -0.05) is 16.8 Å². The lowest BCUT2D eigenvalue weighted by atomic mass is 10.1. The van der Waals surface area contributed by atoms with Crippen LogP contribution in [0.25, 0.3) is 11.3 Å². The number of sulfonamides is 1. The molecule has 1 saturated heterocycles. The molecule has 3 aromatic rings. The first-order valence-electron chi connectivity index (χ1n) is 8.21. The maximum atomic E-state index is 13.1. The van der Waals surface area contributed by atoms with E-state index in [2.05, 4.69) is 15.4 Å². The van der Waals surface area contributed by atoms with E-state index in [1.807, 2.05) is 6.92 Å². The first-order valence-corrected chi connectivity index (χ1v) is 10.0. The first kappa shape index (κ1) is 17.3. The highest BCUT2D eigenvalue weighted by atomic mass is 35.5. The Morgan fingerprint density at radius 2 is 2.08 bits per heavy atom. The second-order valence-corrected chi connectivity index (χ2v) is 8.58. The molecular weight excluding hydrogens is 376 g/mol. The molecule has 0 unspecified atom stereocenters. The number of H-pyrrole nitrogens is 1. The third-order valence-corrected chi connectivity index (χ3v) is 6.69. The molecule has 2 aromatic heterocycles. The molecule has 26 heavy (non-hydrogen) atoms. The fourth-order valence-corrected chi connectivity index (χ4v) is 5.09. The van der Waals surface area contributed by atoms with Crippen molar-refractivity contribution >= 4 is 21.6 Å². The number of rotatable bonds is 4. The average molecular weight is 393 g/mol. The molecule has 0 spiro atoms. The van der Waals surface area contributed by atoms with Crippen LogP contribution in [0.1, 0.15) is 30.3 Å². The summed E-state index contributed by atoms with van der Waals surface area (Å²) in [6.45, 7) is 2.28. The average Bonchev–Trinajstić information content (AvgIpc) is 3.34. The maximum absolute atomic E-state index is 13.1. The van der Waals surface area contributed by atoms with Crippen molar-refractivity contribution in [3.8, 4) is 11.3 Å². The summed E-state index contributed by atoms with van der Waals surface area (Å²) < 4.78 is 33.1. The lowest BCUT2D eigenvalue weighted by Crippen LogP contribution is -2.31. The summed E-state index contributed by atoms with van der Waals surface area (Å²) >= 11 is 5.88. The van der Waals surface area contributed by atoms with Gasteiger partial charge in [-0.2, -0.15) is 9.40 Å². The zero-order valence-corrected chi connectivity index (χ0v) is 15.6. The van der Waals surface area contributed by atoms with E-state index >= 15 is 0 Å². The van der Waals surface area contributed by atoms with E-state index in [0.717, 1.165) is 23.4 Å². The summed E-state index contributed by atoms with van der Waals surface area (Å²) in [5, 5.41) is 11.5. The summed E-state index contributed by atoms with van der Waals surface area (Å²) in [6, 6.07) is 7.69. The van der Waals surface area contributed by atoms with Gasteiger partial charge in [-0.3, -0.25) is 5.10 Å². The molecule has 9 heteroatoms. The molecule has 0 aliphatic carbocycles. The van der Waals surface area contributed by atoms with Crippen LogP contribution in [0.3, 0.4) is 0 Å². The van der Waals surface area contributed by atoms with Crippen molar-refractivity contribution in [2.45, 2.75) is 30.7 Å². The molecule has 3 heterocycles. The number of hydrogen-bond donors (Lipinski definition) is 1. The minimum Gasteiger partial charge on any atom is -0.356 e. The molecule has 1 atom stereocenters. The highest BCUT2D eigenvalue weighted by molar-refractivity contribution is 7.89. The smallest absolute Gasteiger partial charge is 0.243 e. The van der Waals surface area contributed by atoms with Crippen LogP contribution in [0.4, 0.5) is 0 Å². The largest absolute Gasteiger partial charge is 0.356 e. The molecule has 1 aromatic carbocycles. The number of nitrogens with one attached hydrogen (secondary N) is 1. The standard InChI is InChI=1S/C17H17ClN4O3S/c1-11-9-16(25-21-11)14-10-19-20-17(14)15-3-2-8-22(15)26(23,24)13-6-4-12(18)5-7-13/h4-7,9-10,15H,2-3,8H2,1H3,(H,19,20)/t15-/m1/s1. The SMILES string of the molecule is Cc1cc(-c2cn[nH]c2[C@H]2CCCN2S(=O)(=O)c2ccc(Cl)cc2)on1. The Hall–Kier alpha value is -2.16. The van der Waals surface area contributed by atoms with Crippen LogP contribution in [0, 0.1) is 6.92 Å². The van der Waals surface area contributed by atoms with Crippen molar-refractivity contribution in [2.24, 2.45) is 0 Å². The Bertz CT molecular complexity index is 1030. The van der Waals surface area contributed by atoms with E-state index in [1.165, 1.54) is 16.4 Å². The van der Waals surface area contributed by atoms with Crippen molar-refractivity contribution in [1.29, 1.82) is 0 Å². The number of hydrogen-bond acceptors (Lipinski definition) is 5. The number of aromatic nitrogens is 3. The molecule has 1 fully saturated rings. The maximum Gasteiger partial charge on any atom is 0.243 e. The topological polar surface area (TPSA) is 92.1 Å². The summed E-state index contributed by atoms with van der Waals surface area (Å²) in [5.41, 5.74) is 2.20. The summed E-state index contributed by atoms with van der Waals surface area (Å²) in [4.78, 5) is 0.227. The molecule has 0 radical (unpaired) electrons. The molecule has 0 amide bonds. The van der Waals surface area contributed by atoms with Crippen LogP contribution < -0.4 is 0 Å². The molecule has 136 valence electrons. The van der Waals surface area contributed by atoms with E-state index in [-0.39, 0.29) is 10.9 Å². The molecule has 7 nitrogen and oxygen atoms in total. The molecule has 4 rings (SSSR count). The number of nitrogens with zero attached hydrogens (tertiary/aromatic N) is 3. The van der Waals surface area contributed by atoms with Crippen LogP contribution >= 0.6 is 11.6 Å². The number of aryl methyl sites for hydroxylation is 1. The lowest BCUT2D eigenvalue weighted by molar-refractivity contribution is 0.388. The van der Waals surface area contributed by atoms with E-state index < -0.39 is 10.0 Å². The zero-order chi connectivity index (χ0) is 18.3. The Morgan fingerprint density at radius 1 is 1.31 bits per heavy atom. The zero-order valence-electron chi connectivity index (χ0n) is 14.0. The Kier molecular flexibility index (Phi) is 4.34. The number of halogens is 1. The molecule has 1 aliphatic rings. The molecule has 1 aliphatic heterocycles. The van der Waals surface area contributed by atoms with Gasteiger partial charge in [0.2, 0.25) is 10.0 Å². The third-order valence-electron chi connectivity index (χ3n) is 4.52. The van der Waals surface area contributed by atoms with Crippen molar-refractivity contribution in [2.75, 3.05) is 6.54 Å². The van der Waals surface area contributed by atoms with Crippen molar-refractivity contribution in [3.63, 3.8) is 0 Å². The summed E-state index contributed by atoms with van der Waals surface area (Å²) in [7, 11) is -3.64. The van der Waals surface area contributed by atoms with Crippen molar-refractivity contribution in [1.82, 2.24) is 19.7 Å². The van der Waals surface area contributed by atoms with Gasteiger partial charge < -0.3 is 4.52 Å². The predicted molar refractivity (Wildman–Crippen MR) is 96.1 cm³/mol. The van der Waals surface area contributed by atoms with E-state index in [9.17, 15) is 8.42 Å². The fourth-order valence-electron chi connectivity index (χ4n) is 3.30. The van der Waals surface area contributed by atoms with Gasteiger partial charge in [0.1, 0.15) is 0 Å². The van der Waals surface area contributed by atoms with Gasteiger partial charge in [0.25, 0.3) is 0 Å². The van der Waals surface area contributed by atoms with Gasteiger partial charge in [-0.05, 0) is 44.0 Å². The van der Waals surface area contributed by atoms with E-state index in [4.69, 9.17) is 16.1 Å².